The van der Waals surface area contributed by atoms with Gasteiger partial charge in [-0.1, -0.05) is 0 Å². The Labute approximate surface area is 324 Å². The van der Waals surface area contributed by atoms with Crippen LogP contribution in [0.2, 0.25) is 51.9 Å². The van der Waals surface area contributed by atoms with E-state index in [0.717, 1.165) is 19.1 Å². The third kappa shape index (κ3) is 44.6. The topological polar surface area (TPSA) is 138 Å². The molecule has 0 amide bonds. The van der Waals surface area contributed by atoms with E-state index in [1.54, 1.807) is 7.11 Å². The van der Waals surface area contributed by atoms with Gasteiger partial charge in [-0.15, -0.1) is 0 Å². The zero-order chi connectivity index (χ0) is 39.2. The Morgan fingerprint density at radius 1 is 0.283 bits per heavy atom. The summed E-state index contributed by atoms with van der Waals surface area (Å²) in [6.07, 6.45) is 0.994. The van der Waals surface area contributed by atoms with Crippen molar-refractivity contribution in [2.75, 3.05) is 172 Å². The summed E-state index contributed by atoms with van der Waals surface area (Å²) in [7, 11) is -3.81. The molecule has 15 nitrogen and oxygen atoms in total. The van der Waals surface area contributed by atoms with Gasteiger partial charge in [-0.3, -0.25) is 0 Å². The molecule has 0 N–H and O–H groups in total. The Morgan fingerprint density at radius 2 is 0.509 bits per heavy atom. The van der Waals surface area contributed by atoms with Crippen molar-refractivity contribution in [3.63, 3.8) is 0 Å². The predicted molar refractivity (Wildman–Crippen MR) is 212 cm³/mol. The lowest BCUT2D eigenvalue weighted by Crippen LogP contribution is -2.51. The maximum atomic E-state index is 6.54. The minimum absolute atomic E-state index is 0.509. The summed E-state index contributed by atoms with van der Waals surface area (Å²) in [4.78, 5) is 0. The number of ether oxygens (including phenoxy) is 13. The molecule has 0 spiro atoms. The van der Waals surface area contributed by atoms with Gasteiger partial charge in [0.1, 0.15) is 0 Å². The second-order valence-electron chi connectivity index (χ2n) is 13.9. The molecule has 0 saturated carbocycles. The van der Waals surface area contributed by atoms with Crippen molar-refractivity contribution >= 4 is 25.2 Å². The van der Waals surface area contributed by atoms with Crippen molar-refractivity contribution in [2.24, 2.45) is 0 Å². The second-order valence-corrected chi connectivity index (χ2v) is 26.6. The normalized spacial score (nSPS) is 12.7. The molecule has 320 valence electrons. The molecule has 18 heteroatoms. The first-order chi connectivity index (χ1) is 25.5. The van der Waals surface area contributed by atoms with Crippen LogP contribution >= 0.6 is 0 Å². The Kier molecular flexibility index (Phi) is 37.7. The third-order valence-corrected chi connectivity index (χ3v) is 16.8. The second kappa shape index (κ2) is 37.6. The molecule has 53 heavy (non-hydrogen) atoms. The summed E-state index contributed by atoms with van der Waals surface area (Å²) >= 11 is 0. The van der Waals surface area contributed by atoms with Crippen LogP contribution in [0.3, 0.4) is 0 Å². The molecular formula is C35H78O15Si3. The smallest absolute Gasteiger partial charge is 0.311 e. The van der Waals surface area contributed by atoms with Gasteiger partial charge in [0.15, 0.2) is 16.6 Å². The molecule has 0 aliphatic rings. The van der Waals surface area contributed by atoms with Gasteiger partial charge in [-0.25, -0.2) is 0 Å². The van der Waals surface area contributed by atoms with Crippen LogP contribution in [0.25, 0.3) is 0 Å². The van der Waals surface area contributed by atoms with Crippen molar-refractivity contribution in [2.45, 2.75) is 58.3 Å². The molecule has 0 heterocycles. The van der Waals surface area contributed by atoms with Gasteiger partial charge in [0.05, 0.1) is 159 Å². The number of rotatable bonds is 44. The Bertz CT molecular complexity index is 752. The molecular weight excluding hydrogens is 745 g/mol. The van der Waals surface area contributed by atoms with E-state index < -0.39 is 25.2 Å². The SMILES string of the molecule is COCCOCCOCCOCCOCCOCCOCCOCCOCCOCCOCCOCCOCCC[Si](C)(C)O[Si](C)(C)O[Si](C)(C)C. The van der Waals surface area contributed by atoms with Gasteiger partial charge < -0.3 is 69.8 Å². The summed E-state index contributed by atoms with van der Waals surface area (Å²) in [5.41, 5.74) is 0. The van der Waals surface area contributed by atoms with Crippen molar-refractivity contribution < 1.29 is 69.8 Å². The summed E-state index contributed by atoms with van der Waals surface area (Å²) in [6, 6.07) is 1.06. The van der Waals surface area contributed by atoms with Crippen LogP contribution in [0.5, 0.6) is 0 Å². The van der Waals surface area contributed by atoms with E-state index in [0.29, 0.717) is 159 Å². The first kappa shape index (κ1) is 53.1. The summed E-state index contributed by atoms with van der Waals surface area (Å²) in [5.74, 6) is 0. The quantitative estimate of drug-likeness (QED) is 0.0646. The minimum Gasteiger partial charge on any atom is -0.437 e. The summed E-state index contributed by atoms with van der Waals surface area (Å²) < 4.78 is 83.8. The molecule has 0 aromatic heterocycles. The number of hydrogen-bond donors (Lipinski definition) is 0. The van der Waals surface area contributed by atoms with E-state index in [1.807, 2.05) is 0 Å². The maximum Gasteiger partial charge on any atom is 0.311 e. The lowest BCUT2D eigenvalue weighted by Gasteiger charge is -2.37. The third-order valence-electron chi connectivity index (χ3n) is 6.67. The Hall–Kier alpha value is 0.0506. The molecule has 0 bridgehead atoms. The zero-order valence-electron chi connectivity index (χ0n) is 34.7. The molecule has 0 atom stereocenters. The predicted octanol–water partition coefficient (Wildman–Crippen LogP) is 4.00. The maximum absolute atomic E-state index is 6.54. The highest BCUT2D eigenvalue weighted by Crippen LogP contribution is 2.23. The molecule has 0 aromatic carbocycles. The van der Waals surface area contributed by atoms with E-state index in [-0.39, 0.29) is 0 Å². The molecule has 0 aromatic rings. The van der Waals surface area contributed by atoms with E-state index in [9.17, 15) is 0 Å². The fourth-order valence-corrected chi connectivity index (χ4v) is 17.9. The summed E-state index contributed by atoms with van der Waals surface area (Å²) in [5, 5.41) is 0. The molecule has 0 aliphatic carbocycles. The largest absolute Gasteiger partial charge is 0.437 e. The van der Waals surface area contributed by atoms with E-state index in [2.05, 4.69) is 45.8 Å². The Morgan fingerprint density at radius 3 is 0.736 bits per heavy atom. The lowest BCUT2D eigenvalue weighted by molar-refractivity contribution is -0.0287. The van der Waals surface area contributed by atoms with Gasteiger partial charge >= 0.3 is 8.56 Å². The van der Waals surface area contributed by atoms with Gasteiger partial charge in [0.2, 0.25) is 0 Å². The van der Waals surface area contributed by atoms with Crippen LogP contribution in [-0.4, -0.2) is 197 Å². The first-order valence-electron chi connectivity index (χ1n) is 19.3. The molecule has 0 aliphatic heterocycles. The number of hydrogen-bond acceptors (Lipinski definition) is 15. The number of methoxy groups -OCH3 is 1. The van der Waals surface area contributed by atoms with E-state index in [1.165, 1.54) is 0 Å². The van der Waals surface area contributed by atoms with Gasteiger partial charge in [0.25, 0.3) is 0 Å². The van der Waals surface area contributed by atoms with Crippen molar-refractivity contribution in [3.8, 4) is 0 Å². The fraction of sp³-hybridized carbons (Fsp3) is 1.00. The first-order valence-corrected chi connectivity index (χ1v) is 28.6. The molecule has 0 fully saturated rings. The van der Waals surface area contributed by atoms with Crippen LogP contribution < -0.4 is 0 Å². The van der Waals surface area contributed by atoms with Gasteiger partial charge in [-0.2, -0.15) is 0 Å². The van der Waals surface area contributed by atoms with Crippen LogP contribution in [0.4, 0.5) is 0 Å². The van der Waals surface area contributed by atoms with Gasteiger partial charge in [0, 0.05) is 13.7 Å². The van der Waals surface area contributed by atoms with Crippen molar-refractivity contribution in [3.05, 3.63) is 0 Å². The lowest BCUT2D eigenvalue weighted by atomic mass is 10.5. The highest BCUT2D eigenvalue weighted by Gasteiger charge is 2.37. The van der Waals surface area contributed by atoms with Crippen molar-refractivity contribution in [1.82, 2.24) is 0 Å². The molecule has 0 unspecified atom stereocenters. The molecule has 0 rings (SSSR count). The van der Waals surface area contributed by atoms with Gasteiger partial charge in [-0.05, 0) is 58.3 Å². The Balaban J connectivity index is 3.22. The molecule has 0 saturated heterocycles. The zero-order valence-corrected chi connectivity index (χ0v) is 37.7. The standard InChI is InChI=1S/C35H78O15Si3/c1-36-11-12-38-15-16-40-19-20-42-23-24-44-27-28-46-31-32-48-34-33-47-30-29-45-26-25-43-22-21-41-18-17-39-14-13-37-10-9-35-52(5,6)50-53(7,8)49-51(2,3)4/h9-35H2,1-8H3. The van der Waals surface area contributed by atoms with Crippen molar-refractivity contribution in [1.29, 1.82) is 0 Å². The van der Waals surface area contributed by atoms with Crippen LogP contribution in [0.1, 0.15) is 6.42 Å². The van der Waals surface area contributed by atoms with E-state index >= 15 is 0 Å². The minimum atomic E-state index is -2.08. The van der Waals surface area contributed by atoms with E-state index in [4.69, 9.17) is 69.8 Å². The molecule has 0 radical (unpaired) electrons. The van der Waals surface area contributed by atoms with Crippen LogP contribution in [0.15, 0.2) is 0 Å². The highest BCUT2D eigenvalue weighted by molar-refractivity contribution is 6.87. The average Bonchev–Trinajstić information content (AvgIpc) is 3.07. The average molecular weight is 823 g/mol. The fourth-order valence-electron chi connectivity index (χ4n) is 4.74. The highest BCUT2D eigenvalue weighted by atomic mass is 28.5. The van der Waals surface area contributed by atoms with Crippen LogP contribution in [-0.2, 0) is 69.8 Å². The summed E-state index contributed by atoms with van der Waals surface area (Å²) in [6.45, 7) is 29.0. The van der Waals surface area contributed by atoms with Crippen LogP contribution in [0, 0.1) is 0 Å². The monoisotopic (exact) mass is 822 g/mol.